The number of carbonyl (C=O) groups is 4. The minimum atomic E-state index is -4.32. The predicted molar refractivity (Wildman–Crippen MR) is 281 cm³/mol. The van der Waals surface area contributed by atoms with Gasteiger partial charge in [-0.3, -0.25) is 33.9 Å². The van der Waals surface area contributed by atoms with Crippen LogP contribution in [0, 0.1) is 23.2 Å². The van der Waals surface area contributed by atoms with Crippen LogP contribution in [0.3, 0.4) is 0 Å². The third-order valence-corrected chi connectivity index (χ3v) is 12.1. The molecule has 3 rings (SSSR count). The maximum Gasteiger partial charge on any atom is 0.422 e. The minimum absolute atomic E-state index is 0.154. The van der Waals surface area contributed by atoms with Crippen molar-refractivity contribution >= 4 is 73.0 Å². The van der Waals surface area contributed by atoms with Crippen molar-refractivity contribution in [2.45, 2.75) is 165 Å². The first-order valence-corrected chi connectivity index (χ1v) is 26.8. The fourth-order valence-electron chi connectivity index (χ4n) is 4.23. The Balaban J connectivity index is -0.000000351. The number of ether oxygens (including phenoxy) is 2. The van der Waals surface area contributed by atoms with Crippen molar-refractivity contribution in [1.82, 2.24) is 4.90 Å². The van der Waals surface area contributed by atoms with E-state index in [4.69, 9.17) is 5.90 Å². The largest absolute Gasteiger partial charge is 0.502 e. The molecule has 1 unspecified atom stereocenters. The number of allylic oxidation sites excluding steroid dienone is 1. The van der Waals surface area contributed by atoms with E-state index in [1.54, 1.807) is 47.8 Å². The predicted octanol–water partition coefficient (Wildman–Crippen LogP) is 13.8. The molecule has 17 heteroatoms. The molecule has 1 atom stereocenters. The van der Waals surface area contributed by atoms with E-state index in [0.717, 1.165) is 42.6 Å². The van der Waals surface area contributed by atoms with Gasteiger partial charge >= 0.3 is 12.1 Å². The molecule has 0 bridgehead atoms. The summed E-state index contributed by atoms with van der Waals surface area (Å²) >= 11 is 0. The number of halogens is 3. The second-order valence-corrected chi connectivity index (χ2v) is 26.4. The summed E-state index contributed by atoms with van der Waals surface area (Å²) in [6.45, 7) is 38.2. The number of rotatable bonds is 11. The minimum Gasteiger partial charge on any atom is -0.502 e. The number of hydrogen-bond donors (Lipinski definition) is 1. The lowest BCUT2D eigenvalue weighted by atomic mass is 9.89. The molecule has 1 aromatic rings. The quantitative estimate of drug-likeness (QED) is 0.0564. The van der Waals surface area contributed by atoms with E-state index < -0.39 is 11.7 Å². The average Bonchev–Trinajstić information content (AvgIpc) is 3.92. The lowest BCUT2D eigenvalue weighted by molar-refractivity contribution is -0.156. The number of esters is 1. The Kier molecular flexibility index (Phi) is 35.2. The first kappa shape index (κ1) is 70.1. The smallest absolute Gasteiger partial charge is 0.422 e. The Morgan fingerprint density at radius 2 is 1.24 bits per heavy atom. The van der Waals surface area contributed by atoms with Crippen molar-refractivity contribution in [3.05, 3.63) is 59.9 Å². The van der Waals surface area contributed by atoms with Gasteiger partial charge in [0.25, 0.3) is 11.8 Å². The van der Waals surface area contributed by atoms with Gasteiger partial charge in [-0.1, -0.05) is 142 Å². The molecule has 0 aliphatic carbocycles. The topological polar surface area (TPSA) is 138 Å². The summed E-state index contributed by atoms with van der Waals surface area (Å²) in [5.74, 6) is 6.38. The molecule has 2 aliphatic rings. The van der Waals surface area contributed by atoms with Gasteiger partial charge in [0, 0.05) is 48.3 Å². The molecule has 0 spiro atoms. The summed E-state index contributed by atoms with van der Waals surface area (Å²) in [5, 5.41) is 0. The van der Waals surface area contributed by atoms with Crippen LogP contribution in [0.5, 0.6) is 0 Å². The van der Waals surface area contributed by atoms with Crippen LogP contribution in [0.4, 0.5) is 13.2 Å². The van der Waals surface area contributed by atoms with Gasteiger partial charge in [0.05, 0.1) is 31.0 Å². The summed E-state index contributed by atoms with van der Waals surface area (Å²) in [6.07, 6.45) is 6.77. The van der Waals surface area contributed by atoms with Crippen molar-refractivity contribution in [2.24, 2.45) is 27.1 Å². The summed E-state index contributed by atoms with van der Waals surface area (Å²) in [5.41, 5.74) is -1.02. The molecule has 0 aromatic heterocycles. The Morgan fingerprint density at radius 3 is 1.48 bits per heavy atom. The lowest BCUT2D eigenvalue weighted by Gasteiger charge is -2.20. The molecular weight excluding hydrogens is 928 g/mol. The number of alkyl halides is 3. The van der Waals surface area contributed by atoms with Gasteiger partial charge in [-0.25, -0.2) is 5.90 Å². The highest BCUT2D eigenvalue weighted by atomic mass is 33.1. The molecule has 0 radical (unpaired) electrons. The fraction of sp³-hybridized carbons (Fsp3) is 0.694. The normalized spacial score (nSPS) is 15.3. The molecule has 0 saturated heterocycles. The molecule has 2 N–H and O–H groups in total. The van der Waals surface area contributed by atoms with Gasteiger partial charge in [0.15, 0.2) is 0 Å². The van der Waals surface area contributed by atoms with Gasteiger partial charge in [-0.2, -0.15) is 13.2 Å². The number of aliphatic imine (C=N–C) groups is 1. The van der Waals surface area contributed by atoms with Crippen molar-refractivity contribution in [1.29, 1.82) is 0 Å². The SMILES string of the molecule is C=C(C)OC.CC(C)(C)CCCN1C(=O)C=CC1=O.CC(C)(C)ON.COC(=O)C(C)(C)C.CSSC(C)(C)C.CSSCCC(=O)CC(C)(C)C.Cc1ccc(C2(C(F)(F)F)C=N2)cc1. The van der Waals surface area contributed by atoms with E-state index in [2.05, 4.69) is 94.5 Å². The Hall–Kier alpha value is -2.44. The fourth-order valence-corrected chi connectivity index (χ4v) is 7.45. The monoisotopic (exact) mass is 1010 g/mol. The lowest BCUT2D eigenvalue weighted by Crippen LogP contribution is -2.31. The zero-order valence-corrected chi connectivity index (χ0v) is 47.4. The molecule has 2 aliphatic heterocycles. The standard InChI is InChI=1S/C11H17NO2.C10H8F3N.C9H18OS2.C6H12O2.C5H12S2.C4H11NO.C4H8O/c1-11(2,3)7-4-8-12-9(13)5-6-10(12)14;1-7-2-4-8(5-3-7)9(6-14-9)10(11,12)13;1-9(2,3)7-8(10)5-6-12-11-4;1-6(2,3)5(7)8-4;1-5(2,3)7-6-4;1-4(2,3)6-5;1-4(2)5-3/h5-6H,4,7-8H2,1-3H3;2-6H,1H3;5-7H2,1-4H3;1-4H3;1-4H3;5H2,1-3H3;1H2,2-3H3. The van der Waals surface area contributed by atoms with Gasteiger partial charge in [-0.15, -0.1) is 0 Å². The molecule has 66 heavy (non-hydrogen) atoms. The number of methoxy groups -OCH3 is 2. The molecule has 2 heterocycles. The summed E-state index contributed by atoms with van der Waals surface area (Å²) in [4.78, 5) is 53.3. The molecular formula is C49H86F3N3O7S4. The number of aryl methyl sites for hydroxylation is 1. The Labute approximate surface area is 413 Å². The maximum atomic E-state index is 12.6. The Morgan fingerprint density at radius 1 is 0.803 bits per heavy atom. The molecule has 0 fully saturated rings. The van der Waals surface area contributed by atoms with Gasteiger partial charge in [-0.05, 0) is 97.1 Å². The van der Waals surface area contributed by atoms with Crippen LogP contribution in [-0.4, -0.2) is 90.2 Å². The van der Waals surface area contributed by atoms with E-state index in [0.29, 0.717) is 23.5 Å². The van der Waals surface area contributed by atoms with Crippen molar-refractivity contribution < 1.29 is 46.7 Å². The number of ketones is 1. The number of carbonyl (C=O) groups excluding carboxylic acids is 4. The zero-order chi connectivity index (χ0) is 53.0. The molecule has 10 nitrogen and oxygen atoms in total. The third-order valence-electron chi connectivity index (χ3n) is 7.66. The highest BCUT2D eigenvalue weighted by Crippen LogP contribution is 2.47. The van der Waals surface area contributed by atoms with Crippen LogP contribution in [-0.2, 0) is 39.0 Å². The van der Waals surface area contributed by atoms with Crippen molar-refractivity contribution in [3.8, 4) is 0 Å². The first-order valence-electron chi connectivity index (χ1n) is 21.5. The van der Waals surface area contributed by atoms with E-state index in [1.807, 2.05) is 76.3 Å². The number of nitrogens with two attached hydrogens (primary N) is 1. The van der Waals surface area contributed by atoms with E-state index in [-0.39, 0.29) is 45.2 Å². The van der Waals surface area contributed by atoms with E-state index in [9.17, 15) is 32.3 Å². The zero-order valence-electron chi connectivity index (χ0n) is 44.1. The van der Waals surface area contributed by atoms with Crippen LogP contribution in [0.25, 0.3) is 0 Å². The van der Waals surface area contributed by atoms with Gasteiger partial charge in [0.1, 0.15) is 5.78 Å². The van der Waals surface area contributed by atoms with Crippen molar-refractivity contribution in [3.63, 3.8) is 0 Å². The average molecular weight is 1010 g/mol. The number of imide groups is 1. The summed E-state index contributed by atoms with van der Waals surface area (Å²) in [6, 6.07) is 6.25. The highest BCUT2D eigenvalue weighted by molar-refractivity contribution is 8.77. The van der Waals surface area contributed by atoms with Crippen LogP contribution in [0.15, 0.2) is 53.7 Å². The number of hydrogen-bond acceptors (Lipinski definition) is 13. The summed E-state index contributed by atoms with van der Waals surface area (Å²) in [7, 11) is 10.2. The number of Topliss-reactive ketones (excluding diaryl/α,β-unsaturated/α-hetero) is 1. The number of amides is 2. The molecule has 2 amide bonds. The van der Waals surface area contributed by atoms with Crippen LogP contribution >= 0.6 is 43.2 Å². The number of benzene rings is 1. The molecule has 384 valence electrons. The summed E-state index contributed by atoms with van der Waals surface area (Å²) < 4.78 is 47.1. The van der Waals surface area contributed by atoms with Crippen LogP contribution in [0.1, 0.15) is 148 Å². The maximum absolute atomic E-state index is 12.6. The van der Waals surface area contributed by atoms with Crippen LogP contribution in [0.2, 0.25) is 0 Å². The van der Waals surface area contributed by atoms with Crippen molar-refractivity contribution in [2.75, 3.05) is 39.0 Å². The Bertz CT molecular complexity index is 1600. The molecule has 1 aromatic carbocycles. The van der Waals surface area contributed by atoms with E-state index >= 15 is 0 Å². The third kappa shape index (κ3) is 40.6. The second-order valence-electron chi connectivity index (χ2n) is 20.5. The second kappa shape index (κ2) is 33.2. The highest BCUT2D eigenvalue weighted by Gasteiger charge is 2.61. The van der Waals surface area contributed by atoms with Gasteiger partial charge < -0.3 is 9.47 Å². The van der Waals surface area contributed by atoms with Crippen LogP contribution < -0.4 is 5.90 Å². The molecule has 0 saturated carbocycles. The first-order chi connectivity index (χ1) is 29.7. The van der Waals surface area contributed by atoms with Gasteiger partial charge in [0.2, 0.25) is 5.54 Å². The number of nitrogens with zero attached hydrogens (tertiary/aromatic N) is 2. The van der Waals surface area contributed by atoms with E-state index in [1.165, 1.54) is 36.3 Å².